The van der Waals surface area contributed by atoms with Crippen molar-refractivity contribution < 1.29 is 22.4 Å². The molecule has 1 amide bonds. The third-order valence-electron chi connectivity index (χ3n) is 1.74. The fraction of sp³-hybridized carbons (Fsp3) is 0.300. The first kappa shape index (κ1) is 12.5. The highest BCUT2D eigenvalue weighted by atomic mass is 19.4. The zero-order chi connectivity index (χ0) is 12.2. The zero-order valence-electron chi connectivity index (χ0n) is 8.14. The number of carbonyl (C=O) groups excluding carboxylic acids is 1. The molecule has 0 aromatic heterocycles. The van der Waals surface area contributed by atoms with Gasteiger partial charge in [0.2, 0.25) is 5.91 Å². The Morgan fingerprint density at radius 1 is 1.31 bits per heavy atom. The van der Waals surface area contributed by atoms with Gasteiger partial charge in [-0.3, -0.25) is 4.79 Å². The van der Waals surface area contributed by atoms with E-state index in [1.54, 1.807) is 0 Å². The molecule has 1 N–H and O–H groups in total. The highest BCUT2D eigenvalue weighted by Gasteiger charge is 2.30. The molecule has 6 heteroatoms. The lowest BCUT2D eigenvalue weighted by Crippen LogP contribution is -2.28. The number of hydrogen-bond acceptors (Lipinski definition) is 1. The fourth-order valence-corrected chi connectivity index (χ4v) is 1.09. The van der Waals surface area contributed by atoms with Crippen LogP contribution in [0.25, 0.3) is 0 Å². The maximum Gasteiger partial charge on any atom is 0.397 e. The molecule has 0 bridgehead atoms. The average molecular weight is 235 g/mol. The van der Waals surface area contributed by atoms with Gasteiger partial charge in [0, 0.05) is 6.54 Å². The van der Waals surface area contributed by atoms with Crippen LogP contribution in [0.15, 0.2) is 24.3 Å². The van der Waals surface area contributed by atoms with Crippen LogP contribution >= 0.6 is 0 Å². The van der Waals surface area contributed by atoms with Crippen LogP contribution in [0, 0.1) is 5.82 Å². The monoisotopic (exact) mass is 235 g/mol. The van der Waals surface area contributed by atoms with Gasteiger partial charge in [-0.1, -0.05) is 12.1 Å². The second-order valence-electron chi connectivity index (χ2n) is 3.20. The largest absolute Gasteiger partial charge is 0.397 e. The van der Waals surface area contributed by atoms with Gasteiger partial charge >= 0.3 is 6.18 Å². The number of halogens is 4. The van der Waals surface area contributed by atoms with E-state index < -0.39 is 24.3 Å². The lowest BCUT2D eigenvalue weighted by Gasteiger charge is -2.07. The quantitative estimate of drug-likeness (QED) is 0.801. The first-order chi connectivity index (χ1) is 7.37. The molecule has 1 aromatic rings. The van der Waals surface area contributed by atoms with Crippen LogP contribution in [0.3, 0.4) is 0 Å². The number of nitrogens with one attached hydrogen (secondary N) is 1. The smallest absolute Gasteiger partial charge is 0.352 e. The Labute approximate surface area is 89.3 Å². The average Bonchev–Trinajstić information content (AvgIpc) is 2.12. The van der Waals surface area contributed by atoms with Crippen molar-refractivity contribution >= 4 is 5.91 Å². The summed E-state index contributed by atoms with van der Waals surface area (Å²) in [5.41, 5.74) is 0.413. The molecule has 0 spiro atoms. The number of alkyl halides is 3. The maximum atomic E-state index is 12.7. The molecular weight excluding hydrogens is 226 g/mol. The first-order valence-electron chi connectivity index (χ1n) is 4.45. The summed E-state index contributed by atoms with van der Waals surface area (Å²) in [6.07, 6.45) is -6.05. The van der Waals surface area contributed by atoms with E-state index in [1.165, 1.54) is 18.2 Å². The molecule has 0 radical (unpaired) electrons. The van der Waals surface area contributed by atoms with E-state index in [-0.39, 0.29) is 6.54 Å². The summed E-state index contributed by atoms with van der Waals surface area (Å²) in [7, 11) is 0. The number of carbonyl (C=O) groups is 1. The molecule has 0 aliphatic rings. The Morgan fingerprint density at radius 3 is 2.56 bits per heavy atom. The Morgan fingerprint density at radius 2 is 2.00 bits per heavy atom. The molecule has 0 saturated carbocycles. The molecule has 0 fully saturated rings. The van der Waals surface area contributed by atoms with Crippen molar-refractivity contribution in [3.05, 3.63) is 35.6 Å². The fourth-order valence-electron chi connectivity index (χ4n) is 1.09. The molecule has 0 saturated heterocycles. The molecule has 1 rings (SSSR count). The van der Waals surface area contributed by atoms with Crippen LogP contribution < -0.4 is 5.32 Å². The Balaban J connectivity index is 2.43. The van der Waals surface area contributed by atoms with Crippen LogP contribution in [0.1, 0.15) is 12.0 Å². The predicted molar refractivity (Wildman–Crippen MR) is 48.9 cm³/mol. The second-order valence-corrected chi connectivity index (χ2v) is 3.20. The highest BCUT2D eigenvalue weighted by Crippen LogP contribution is 2.18. The summed E-state index contributed by atoms with van der Waals surface area (Å²) in [5.74, 6) is -1.63. The SMILES string of the molecule is O=C(CC(F)(F)F)NCc1cccc(F)c1. The van der Waals surface area contributed by atoms with Gasteiger partial charge in [-0.25, -0.2) is 4.39 Å². The van der Waals surface area contributed by atoms with Gasteiger partial charge in [0.05, 0.1) is 0 Å². The van der Waals surface area contributed by atoms with Crippen molar-refractivity contribution in [1.29, 1.82) is 0 Å². The zero-order valence-corrected chi connectivity index (χ0v) is 8.14. The van der Waals surface area contributed by atoms with Crippen LogP contribution in [0.4, 0.5) is 17.6 Å². The molecule has 0 heterocycles. The minimum atomic E-state index is -4.52. The minimum absolute atomic E-state index is 0.118. The first-order valence-corrected chi connectivity index (χ1v) is 4.45. The molecule has 1 aromatic carbocycles. The van der Waals surface area contributed by atoms with Gasteiger partial charge in [-0.05, 0) is 17.7 Å². The van der Waals surface area contributed by atoms with Crippen LogP contribution in [-0.4, -0.2) is 12.1 Å². The van der Waals surface area contributed by atoms with E-state index >= 15 is 0 Å². The Kier molecular flexibility index (Phi) is 3.87. The number of rotatable bonds is 3. The molecule has 0 unspecified atom stereocenters. The van der Waals surface area contributed by atoms with Crippen molar-refractivity contribution in [2.45, 2.75) is 19.1 Å². The number of amides is 1. The van der Waals surface area contributed by atoms with Crippen LogP contribution in [0.5, 0.6) is 0 Å². The second kappa shape index (κ2) is 4.96. The van der Waals surface area contributed by atoms with E-state index in [4.69, 9.17) is 0 Å². The topological polar surface area (TPSA) is 29.1 Å². The van der Waals surface area contributed by atoms with E-state index in [0.29, 0.717) is 5.56 Å². The minimum Gasteiger partial charge on any atom is -0.352 e. The summed E-state index contributed by atoms with van der Waals surface area (Å²) in [4.78, 5) is 10.8. The summed E-state index contributed by atoms with van der Waals surface area (Å²) >= 11 is 0. The maximum absolute atomic E-state index is 12.7. The van der Waals surface area contributed by atoms with E-state index in [9.17, 15) is 22.4 Å². The molecule has 16 heavy (non-hydrogen) atoms. The summed E-state index contributed by atoms with van der Waals surface area (Å²) in [5, 5.41) is 2.06. The molecule has 88 valence electrons. The van der Waals surface area contributed by atoms with Crippen molar-refractivity contribution in [2.75, 3.05) is 0 Å². The molecule has 0 aliphatic carbocycles. The van der Waals surface area contributed by atoms with Crippen molar-refractivity contribution in [2.24, 2.45) is 0 Å². The summed E-state index contributed by atoms with van der Waals surface area (Å²) < 4.78 is 48.0. The van der Waals surface area contributed by atoms with Gasteiger partial charge in [-0.15, -0.1) is 0 Å². The predicted octanol–water partition coefficient (Wildman–Crippen LogP) is 2.39. The molecule has 2 nitrogen and oxygen atoms in total. The van der Waals surface area contributed by atoms with Crippen molar-refractivity contribution in [3.63, 3.8) is 0 Å². The summed E-state index contributed by atoms with van der Waals surface area (Å²) in [6, 6.07) is 5.28. The molecule has 0 aliphatic heterocycles. The van der Waals surface area contributed by atoms with E-state index in [0.717, 1.165) is 6.07 Å². The van der Waals surface area contributed by atoms with Gasteiger partial charge < -0.3 is 5.32 Å². The Bertz CT molecular complexity index is 375. The van der Waals surface area contributed by atoms with Crippen LogP contribution in [-0.2, 0) is 11.3 Å². The van der Waals surface area contributed by atoms with Gasteiger partial charge in [0.1, 0.15) is 12.2 Å². The highest BCUT2D eigenvalue weighted by molar-refractivity contribution is 5.76. The Hall–Kier alpha value is -1.59. The van der Waals surface area contributed by atoms with Gasteiger partial charge in [-0.2, -0.15) is 13.2 Å². The van der Waals surface area contributed by atoms with E-state index in [1.807, 2.05) is 0 Å². The van der Waals surface area contributed by atoms with Gasteiger partial charge in [0.15, 0.2) is 0 Å². The van der Waals surface area contributed by atoms with Crippen LogP contribution in [0.2, 0.25) is 0 Å². The third-order valence-corrected chi connectivity index (χ3v) is 1.74. The standard InChI is InChI=1S/C10H9F4NO/c11-8-3-1-2-7(4-8)6-15-9(16)5-10(12,13)14/h1-4H,5-6H2,(H,15,16). The summed E-state index contributed by atoms with van der Waals surface area (Å²) in [6.45, 7) is -0.118. The lowest BCUT2D eigenvalue weighted by molar-refractivity contribution is -0.153. The van der Waals surface area contributed by atoms with Crippen molar-refractivity contribution in [1.82, 2.24) is 5.32 Å². The third kappa shape index (κ3) is 4.77. The molecular formula is C10H9F4NO. The number of hydrogen-bond donors (Lipinski definition) is 1. The normalized spacial score (nSPS) is 11.2. The lowest BCUT2D eigenvalue weighted by atomic mass is 10.2. The van der Waals surface area contributed by atoms with Gasteiger partial charge in [0.25, 0.3) is 0 Å². The molecule has 0 atom stereocenters. The number of benzene rings is 1. The van der Waals surface area contributed by atoms with E-state index in [2.05, 4.69) is 5.32 Å². The van der Waals surface area contributed by atoms with Crippen molar-refractivity contribution in [3.8, 4) is 0 Å².